The molecule has 0 bridgehead atoms. The lowest BCUT2D eigenvalue weighted by Crippen LogP contribution is -2.49. The first kappa shape index (κ1) is 14.8. The predicted octanol–water partition coefficient (Wildman–Crippen LogP) is 2.88. The van der Waals surface area contributed by atoms with Crippen LogP contribution in [0, 0.1) is 5.92 Å². The molecule has 2 aliphatic rings. The van der Waals surface area contributed by atoms with Crippen LogP contribution in [0.15, 0.2) is 5.38 Å². The summed E-state index contributed by atoms with van der Waals surface area (Å²) in [5.74, 6) is 0.875. The van der Waals surface area contributed by atoms with Gasteiger partial charge in [-0.3, -0.25) is 9.69 Å². The molecule has 1 saturated carbocycles. The minimum Gasteiger partial charge on any atom is -0.323 e. The maximum absolute atomic E-state index is 12.7. The molecule has 0 unspecified atom stereocenters. The van der Waals surface area contributed by atoms with Crippen molar-refractivity contribution in [2.45, 2.75) is 50.6 Å². The highest BCUT2D eigenvalue weighted by Gasteiger charge is 2.52. The number of carbonyl (C=O) groups is 2. The summed E-state index contributed by atoms with van der Waals surface area (Å²) in [4.78, 5) is 30.5. The zero-order valence-corrected chi connectivity index (χ0v) is 13.5. The van der Waals surface area contributed by atoms with Crippen LogP contribution < -0.4 is 5.32 Å². The minimum atomic E-state index is -0.670. The molecule has 2 fully saturated rings. The number of hydrogen-bond acceptors (Lipinski definition) is 4. The summed E-state index contributed by atoms with van der Waals surface area (Å²) in [6.07, 6.45) is 3.43. The van der Waals surface area contributed by atoms with Gasteiger partial charge in [-0.25, -0.2) is 9.78 Å². The van der Waals surface area contributed by atoms with E-state index in [0.29, 0.717) is 11.8 Å². The van der Waals surface area contributed by atoms with Gasteiger partial charge in [-0.05, 0) is 31.6 Å². The largest absolute Gasteiger partial charge is 0.325 e. The third-order valence-electron chi connectivity index (χ3n) is 4.40. The molecule has 0 radical (unpaired) electrons. The number of alkyl halides is 1. The number of carbonyl (C=O) groups excluding carboxylic acids is 2. The molecule has 1 aliphatic heterocycles. The van der Waals surface area contributed by atoms with Gasteiger partial charge in [-0.15, -0.1) is 22.9 Å². The first-order valence-corrected chi connectivity index (χ1v) is 8.59. The Kier molecular flexibility index (Phi) is 3.92. The zero-order valence-electron chi connectivity index (χ0n) is 11.9. The van der Waals surface area contributed by atoms with Crippen LogP contribution in [0.3, 0.4) is 0 Å². The van der Waals surface area contributed by atoms with Crippen molar-refractivity contribution in [1.82, 2.24) is 15.2 Å². The molecule has 3 amide bonds. The van der Waals surface area contributed by atoms with Gasteiger partial charge in [-0.1, -0.05) is 6.92 Å². The van der Waals surface area contributed by atoms with E-state index in [0.717, 1.165) is 36.4 Å². The number of hydrogen-bond donors (Lipinski definition) is 1. The Labute approximate surface area is 132 Å². The summed E-state index contributed by atoms with van der Waals surface area (Å²) in [6.45, 7) is 2.43. The van der Waals surface area contributed by atoms with E-state index in [1.54, 1.807) is 0 Å². The number of amides is 3. The van der Waals surface area contributed by atoms with E-state index in [1.165, 1.54) is 16.2 Å². The topological polar surface area (TPSA) is 62.3 Å². The van der Waals surface area contributed by atoms with Crippen molar-refractivity contribution >= 4 is 34.9 Å². The number of thiazole rings is 1. The van der Waals surface area contributed by atoms with E-state index in [-0.39, 0.29) is 18.5 Å². The third-order valence-corrected chi connectivity index (χ3v) is 5.56. The highest BCUT2D eigenvalue weighted by molar-refractivity contribution is 7.09. The lowest BCUT2D eigenvalue weighted by atomic mass is 9.77. The Morgan fingerprint density at radius 1 is 1.48 bits per heavy atom. The number of aromatic nitrogens is 1. The molecule has 1 aromatic heterocycles. The maximum atomic E-state index is 12.7. The van der Waals surface area contributed by atoms with Gasteiger partial charge in [0.25, 0.3) is 5.91 Å². The second-order valence-corrected chi connectivity index (χ2v) is 7.16. The summed E-state index contributed by atoms with van der Waals surface area (Å²) in [6, 6.07) is -0.294. The van der Waals surface area contributed by atoms with Crippen molar-refractivity contribution in [2.24, 2.45) is 5.92 Å². The quantitative estimate of drug-likeness (QED) is 0.686. The predicted molar refractivity (Wildman–Crippen MR) is 81.1 cm³/mol. The highest BCUT2D eigenvalue weighted by Crippen LogP contribution is 2.36. The molecule has 1 saturated heterocycles. The Hall–Kier alpha value is -1.14. The smallest absolute Gasteiger partial charge is 0.323 e. The van der Waals surface area contributed by atoms with Crippen LogP contribution in [0.5, 0.6) is 0 Å². The van der Waals surface area contributed by atoms with Crippen LogP contribution in [-0.4, -0.2) is 27.4 Å². The van der Waals surface area contributed by atoms with Crippen LogP contribution >= 0.6 is 22.9 Å². The molecule has 114 valence electrons. The molecule has 0 aromatic carbocycles. The van der Waals surface area contributed by atoms with E-state index >= 15 is 0 Å². The fourth-order valence-corrected chi connectivity index (χ4v) is 4.04. The number of urea groups is 1. The SMILES string of the molecule is CC1CCC2(CC1)NC(=O)N(Cc1nc(CCl)cs1)C2=O. The summed E-state index contributed by atoms with van der Waals surface area (Å²) >= 11 is 7.16. The van der Waals surface area contributed by atoms with Crippen molar-refractivity contribution in [3.8, 4) is 0 Å². The van der Waals surface area contributed by atoms with Gasteiger partial charge < -0.3 is 5.32 Å². The van der Waals surface area contributed by atoms with Crippen LogP contribution in [0.25, 0.3) is 0 Å². The van der Waals surface area contributed by atoms with Gasteiger partial charge in [0, 0.05) is 5.38 Å². The molecular weight excluding hydrogens is 310 g/mol. The van der Waals surface area contributed by atoms with Crippen LogP contribution in [-0.2, 0) is 17.2 Å². The summed E-state index contributed by atoms with van der Waals surface area (Å²) in [7, 11) is 0. The van der Waals surface area contributed by atoms with Crippen molar-refractivity contribution in [3.63, 3.8) is 0 Å². The number of rotatable bonds is 3. The zero-order chi connectivity index (χ0) is 15.0. The highest BCUT2D eigenvalue weighted by atomic mass is 35.5. The van der Waals surface area contributed by atoms with Crippen LogP contribution in [0.2, 0.25) is 0 Å². The first-order chi connectivity index (χ1) is 10.0. The standard InChI is InChI=1S/C14H18ClN3O2S/c1-9-2-4-14(5-3-9)12(19)18(13(20)17-14)7-11-16-10(6-15)8-21-11/h8-9H,2-7H2,1H3,(H,17,20). The van der Waals surface area contributed by atoms with E-state index < -0.39 is 5.54 Å². The van der Waals surface area contributed by atoms with E-state index in [2.05, 4.69) is 17.2 Å². The van der Waals surface area contributed by atoms with E-state index in [9.17, 15) is 9.59 Å². The van der Waals surface area contributed by atoms with Crippen molar-refractivity contribution < 1.29 is 9.59 Å². The first-order valence-electron chi connectivity index (χ1n) is 7.17. The monoisotopic (exact) mass is 327 g/mol. The van der Waals surface area contributed by atoms with Crippen LogP contribution in [0.4, 0.5) is 4.79 Å². The average molecular weight is 328 g/mol. The van der Waals surface area contributed by atoms with Gasteiger partial charge in [0.2, 0.25) is 0 Å². The summed E-state index contributed by atoms with van der Waals surface area (Å²) < 4.78 is 0. The minimum absolute atomic E-state index is 0.0953. The Morgan fingerprint density at radius 3 is 2.81 bits per heavy atom. The van der Waals surface area contributed by atoms with Crippen LogP contribution in [0.1, 0.15) is 43.3 Å². The fraction of sp³-hybridized carbons (Fsp3) is 0.643. The second-order valence-electron chi connectivity index (χ2n) is 5.95. The molecule has 5 nitrogen and oxygen atoms in total. The van der Waals surface area contributed by atoms with Gasteiger partial charge in [-0.2, -0.15) is 0 Å². The molecule has 1 N–H and O–H groups in total. The molecule has 1 aliphatic carbocycles. The number of nitrogens with zero attached hydrogens (tertiary/aromatic N) is 2. The fourth-order valence-electron chi connectivity index (χ4n) is 3.03. The average Bonchev–Trinajstić information content (AvgIpc) is 3.02. The summed E-state index contributed by atoms with van der Waals surface area (Å²) in [5.41, 5.74) is 0.112. The molecule has 7 heteroatoms. The van der Waals surface area contributed by atoms with Crippen molar-refractivity contribution in [2.75, 3.05) is 0 Å². The number of halogens is 1. The van der Waals surface area contributed by atoms with Gasteiger partial charge in [0.15, 0.2) is 0 Å². The van der Waals surface area contributed by atoms with Gasteiger partial charge >= 0.3 is 6.03 Å². The Morgan fingerprint density at radius 2 is 2.19 bits per heavy atom. The lowest BCUT2D eigenvalue weighted by molar-refractivity contribution is -0.133. The number of imide groups is 1. The van der Waals surface area contributed by atoms with E-state index in [1.807, 2.05) is 5.38 Å². The molecular formula is C14H18ClN3O2S. The normalized spacial score (nSPS) is 29.2. The Bertz CT molecular complexity index is 566. The molecule has 21 heavy (non-hydrogen) atoms. The molecule has 3 rings (SSSR count). The van der Waals surface area contributed by atoms with Gasteiger partial charge in [0.1, 0.15) is 10.5 Å². The van der Waals surface area contributed by atoms with Gasteiger partial charge in [0.05, 0.1) is 18.1 Å². The maximum Gasteiger partial charge on any atom is 0.325 e. The summed E-state index contributed by atoms with van der Waals surface area (Å²) in [5, 5.41) is 5.52. The molecule has 2 heterocycles. The molecule has 1 spiro atoms. The molecule has 0 atom stereocenters. The molecule has 1 aromatic rings. The van der Waals surface area contributed by atoms with Crippen molar-refractivity contribution in [1.29, 1.82) is 0 Å². The Balaban J connectivity index is 1.74. The lowest BCUT2D eigenvalue weighted by Gasteiger charge is -2.33. The second kappa shape index (κ2) is 5.57. The third kappa shape index (κ3) is 2.66. The van der Waals surface area contributed by atoms with E-state index in [4.69, 9.17) is 11.6 Å². The number of nitrogens with one attached hydrogen (secondary N) is 1. The van der Waals surface area contributed by atoms with Crippen molar-refractivity contribution in [3.05, 3.63) is 16.1 Å².